The van der Waals surface area contributed by atoms with Crippen molar-refractivity contribution < 1.29 is 0 Å². The first-order valence-electron chi connectivity index (χ1n) is 6.67. The fraction of sp³-hybridized carbons (Fsp3) is 0.692. The molecular weight excluding hydrogens is 250 g/mol. The first kappa shape index (κ1) is 12.0. The van der Waals surface area contributed by atoms with E-state index in [1.165, 1.54) is 25.7 Å². The Morgan fingerprint density at radius 2 is 2.22 bits per heavy atom. The minimum Gasteiger partial charge on any atom is -0.377 e. The molecule has 0 spiro atoms. The van der Waals surface area contributed by atoms with Crippen molar-refractivity contribution in [3.8, 4) is 0 Å². The molecule has 2 saturated carbocycles. The summed E-state index contributed by atoms with van der Waals surface area (Å²) in [6, 6.07) is 0.312. The molecule has 0 aliphatic heterocycles. The van der Waals surface area contributed by atoms with Gasteiger partial charge in [0.25, 0.3) is 5.56 Å². The molecule has 1 atom stereocenters. The number of nitrogens with zero attached hydrogens (tertiary/aromatic N) is 2. The van der Waals surface area contributed by atoms with Gasteiger partial charge in [-0.3, -0.25) is 4.79 Å². The Labute approximate surface area is 111 Å². The lowest BCUT2D eigenvalue weighted by Crippen LogP contribution is -2.30. The Kier molecular flexibility index (Phi) is 3.06. The van der Waals surface area contributed by atoms with Crippen LogP contribution in [0.2, 0.25) is 5.02 Å². The van der Waals surface area contributed by atoms with Crippen LogP contribution in [0.4, 0.5) is 5.69 Å². The zero-order chi connectivity index (χ0) is 12.7. The molecule has 1 aromatic rings. The minimum absolute atomic E-state index is 0.0816. The van der Waals surface area contributed by atoms with Crippen molar-refractivity contribution in [2.45, 2.75) is 45.2 Å². The van der Waals surface area contributed by atoms with Gasteiger partial charge < -0.3 is 5.32 Å². The molecule has 0 radical (unpaired) electrons. The average molecular weight is 268 g/mol. The number of aromatic nitrogens is 2. The number of nitrogens with one attached hydrogen (secondary N) is 1. The Morgan fingerprint density at radius 3 is 2.83 bits per heavy atom. The van der Waals surface area contributed by atoms with Gasteiger partial charge in [0, 0.05) is 12.6 Å². The summed E-state index contributed by atoms with van der Waals surface area (Å²) in [5.74, 6) is 1.32. The molecule has 0 saturated heterocycles. The Balaban J connectivity index is 1.83. The number of rotatable bonds is 5. The van der Waals surface area contributed by atoms with Gasteiger partial charge in [-0.2, -0.15) is 5.10 Å². The van der Waals surface area contributed by atoms with Gasteiger partial charge in [0.2, 0.25) is 0 Å². The third-order valence-electron chi connectivity index (χ3n) is 3.83. The summed E-state index contributed by atoms with van der Waals surface area (Å²) < 4.78 is 1.55. The van der Waals surface area contributed by atoms with E-state index >= 15 is 0 Å². The molecule has 3 rings (SSSR count). The second-order valence-electron chi connectivity index (χ2n) is 5.57. The highest BCUT2D eigenvalue weighted by Gasteiger charge is 2.29. The number of anilines is 1. The molecule has 1 heterocycles. The zero-order valence-electron chi connectivity index (χ0n) is 10.5. The van der Waals surface area contributed by atoms with E-state index < -0.39 is 0 Å². The van der Waals surface area contributed by atoms with E-state index in [2.05, 4.69) is 17.3 Å². The fourth-order valence-corrected chi connectivity index (χ4v) is 2.40. The molecule has 18 heavy (non-hydrogen) atoms. The van der Waals surface area contributed by atoms with Gasteiger partial charge in [-0.1, -0.05) is 11.6 Å². The van der Waals surface area contributed by atoms with Gasteiger partial charge in [0.15, 0.2) is 0 Å². The van der Waals surface area contributed by atoms with Gasteiger partial charge in [-0.25, -0.2) is 4.68 Å². The monoisotopic (exact) mass is 267 g/mol. The summed E-state index contributed by atoms with van der Waals surface area (Å²) in [7, 11) is 0. The van der Waals surface area contributed by atoms with Crippen LogP contribution in [0.3, 0.4) is 0 Å². The Bertz CT molecular complexity index is 505. The first-order valence-corrected chi connectivity index (χ1v) is 7.05. The normalized spacial score (nSPS) is 20.8. The van der Waals surface area contributed by atoms with Crippen molar-refractivity contribution in [2.75, 3.05) is 5.32 Å². The van der Waals surface area contributed by atoms with Gasteiger partial charge >= 0.3 is 0 Å². The Morgan fingerprint density at radius 1 is 1.50 bits per heavy atom. The van der Waals surface area contributed by atoms with Crippen LogP contribution in [0, 0.1) is 11.8 Å². The maximum absolute atomic E-state index is 12.3. The lowest BCUT2D eigenvalue weighted by Gasteiger charge is -2.15. The SMILES string of the molecule is CC(Nc1c(Cl)cnn(CC2CC2)c1=O)C1CC1. The quantitative estimate of drug-likeness (QED) is 0.892. The third-order valence-corrected chi connectivity index (χ3v) is 4.11. The summed E-state index contributed by atoms with van der Waals surface area (Å²) in [5, 5.41) is 7.82. The zero-order valence-corrected chi connectivity index (χ0v) is 11.3. The minimum atomic E-state index is -0.0816. The van der Waals surface area contributed by atoms with E-state index in [0.717, 1.165) is 6.54 Å². The lowest BCUT2D eigenvalue weighted by atomic mass is 10.2. The molecule has 98 valence electrons. The molecule has 2 fully saturated rings. The molecule has 1 aromatic heterocycles. The summed E-state index contributed by atoms with van der Waals surface area (Å²) in [4.78, 5) is 12.3. The van der Waals surface area contributed by atoms with E-state index in [-0.39, 0.29) is 5.56 Å². The molecule has 1 N–H and O–H groups in total. The van der Waals surface area contributed by atoms with Crippen molar-refractivity contribution in [3.05, 3.63) is 21.6 Å². The van der Waals surface area contributed by atoms with E-state index in [9.17, 15) is 4.79 Å². The molecule has 4 nitrogen and oxygen atoms in total. The van der Waals surface area contributed by atoms with Crippen molar-refractivity contribution in [1.82, 2.24) is 9.78 Å². The number of hydrogen-bond acceptors (Lipinski definition) is 3. The summed E-state index contributed by atoms with van der Waals surface area (Å²) >= 11 is 6.08. The summed E-state index contributed by atoms with van der Waals surface area (Å²) in [6.07, 6.45) is 6.48. The second-order valence-corrected chi connectivity index (χ2v) is 5.98. The number of hydrogen-bond donors (Lipinski definition) is 1. The topological polar surface area (TPSA) is 46.9 Å². The third kappa shape index (κ3) is 2.53. The van der Waals surface area contributed by atoms with Crippen LogP contribution in [0.1, 0.15) is 32.6 Å². The molecule has 2 aliphatic carbocycles. The van der Waals surface area contributed by atoms with Crippen LogP contribution < -0.4 is 10.9 Å². The highest BCUT2D eigenvalue weighted by molar-refractivity contribution is 6.33. The van der Waals surface area contributed by atoms with E-state index in [1.54, 1.807) is 10.9 Å². The predicted octanol–water partition coefficient (Wildman–Crippen LogP) is 2.52. The highest BCUT2D eigenvalue weighted by atomic mass is 35.5. The van der Waals surface area contributed by atoms with E-state index in [1.807, 2.05) is 0 Å². The standard InChI is InChI=1S/C13H18ClN3O/c1-8(10-4-5-10)16-12-11(14)6-15-17(13(12)18)7-9-2-3-9/h6,8-10,16H,2-5,7H2,1H3. The maximum Gasteiger partial charge on any atom is 0.291 e. The van der Waals surface area contributed by atoms with Gasteiger partial charge in [-0.15, -0.1) is 0 Å². The van der Waals surface area contributed by atoms with Crippen LogP contribution in [-0.4, -0.2) is 15.8 Å². The van der Waals surface area contributed by atoms with Crippen LogP contribution in [0.25, 0.3) is 0 Å². The van der Waals surface area contributed by atoms with Crippen molar-refractivity contribution >= 4 is 17.3 Å². The van der Waals surface area contributed by atoms with Gasteiger partial charge in [0.05, 0.1) is 11.2 Å². The molecular formula is C13H18ClN3O. The summed E-state index contributed by atoms with van der Waals surface area (Å²) in [6.45, 7) is 2.83. The molecule has 5 heteroatoms. The molecule has 2 aliphatic rings. The van der Waals surface area contributed by atoms with Crippen LogP contribution in [0.15, 0.2) is 11.0 Å². The molecule has 0 amide bonds. The van der Waals surface area contributed by atoms with Crippen LogP contribution in [-0.2, 0) is 6.54 Å². The summed E-state index contributed by atoms with van der Waals surface area (Å²) in [5.41, 5.74) is 0.439. The smallest absolute Gasteiger partial charge is 0.291 e. The molecule has 1 unspecified atom stereocenters. The lowest BCUT2D eigenvalue weighted by molar-refractivity contribution is 0.533. The van der Waals surface area contributed by atoms with Crippen molar-refractivity contribution in [1.29, 1.82) is 0 Å². The van der Waals surface area contributed by atoms with Crippen molar-refractivity contribution in [3.63, 3.8) is 0 Å². The van der Waals surface area contributed by atoms with Crippen LogP contribution >= 0.6 is 11.6 Å². The van der Waals surface area contributed by atoms with Crippen molar-refractivity contribution in [2.24, 2.45) is 11.8 Å². The maximum atomic E-state index is 12.3. The fourth-order valence-electron chi connectivity index (χ4n) is 2.22. The van der Waals surface area contributed by atoms with Crippen LogP contribution in [0.5, 0.6) is 0 Å². The Hall–Kier alpha value is -1.03. The van der Waals surface area contributed by atoms with Gasteiger partial charge in [0.1, 0.15) is 5.69 Å². The molecule has 0 aromatic carbocycles. The van der Waals surface area contributed by atoms with Gasteiger partial charge in [-0.05, 0) is 44.4 Å². The largest absolute Gasteiger partial charge is 0.377 e. The van der Waals surface area contributed by atoms with E-state index in [0.29, 0.717) is 28.6 Å². The average Bonchev–Trinajstić information content (AvgIpc) is 3.20. The highest BCUT2D eigenvalue weighted by Crippen LogP contribution is 2.34. The second kappa shape index (κ2) is 4.57. The predicted molar refractivity (Wildman–Crippen MR) is 72.0 cm³/mol. The first-order chi connectivity index (χ1) is 8.65. The number of halogens is 1. The molecule has 0 bridgehead atoms. The van der Waals surface area contributed by atoms with E-state index in [4.69, 9.17) is 11.6 Å².